The van der Waals surface area contributed by atoms with Gasteiger partial charge < -0.3 is 10.8 Å². The van der Waals surface area contributed by atoms with Gasteiger partial charge in [0.1, 0.15) is 0 Å². The predicted molar refractivity (Wildman–Crippen MR) is 56.2 cm³/mol. The van der Waals surface area contributed by atoms with Gasteiger partial charge >= 0.3 is 5.97 Å². The van der Waals surface area contributed by atoms with Crippen LogP contribution in [-0.4, -0.2) is 37.5 Å². The summed E-state index contributed by atoms with van der Waals surface area (Å²) in [4.78, 5) is 10.7. The van der Waals surface area contributed by atoms with Gasteiger partial charge in [-0.05, 0) is 19.4 Å². The van der Waals surface area contributed by atoms with Crippen LogP contribution >= 0.6 is 0 Å². The highest BCUT2D eigenvalue weighted by Gasteiger charge is 2.48. The molecule has 0 spiro atoms. The van der Waals surface area contributed by atoms with E-state index in [0.29, 0.717) is 12.8 Å². The molecule has 0 aliphatic heterocycles. The van der Waals surface area contributed by atoms with Crippen molar-refractivity contribution in [1.82, 2.24) is 0 Å². The average Bonchev–Trinajstić information content (AvgIpc) is 2.47. The molecule has 0 amide bonds. The Morgan fingerprint density at radius 1 is 1.60 bits per heavy atom. The van der Waals surface area contributed by atoms with Crippen LogP contribution in [0.5, 0.6) is 0 Å². The molecule has 88 valence electrons. The molecule has 1 rings (SSSR count). The Balaban J connectivity index is 3.01. The first-order chi connectivity index (χ1) is 6.82. The van der Waals surface area contributed by atoms with Crippen LogP contribution in [0.2, 0.25) is 0 Å². The first-order valence-corrected chi connectivity index (χ1v) is 6.88. The zero-order valence-electron chi connectivity index (χ0n) is 8.77. The first-order valence-electron chi connectivity index (χ1n) is 4.92. The van der Waals surface area contributed by atoms with Crippen molar-refractivity contribution in [3.05, 3.63) is 0 Å². The van der Waals surface area contributed by atoms with E-state index < -0.39 is 26.5 Å². The number of carboxylic acid groups (broad SMARTS) is 1. The van der Waals surface area contributed by atoms with Gasteiger partial charge in [0.15, 0.2) is 9.84 Å². The van der Waals surface area contributed by atoms with E-state index >= 15 is 0 Å². The Labute approximate surface area is 89.6 Å². The fourth-order valence-corrected chi connectivity index (χ4v) is 4.38. The summed E-state index contributed by atoms with van der Waals surface area (Å²) in [6.07, 6.45) is 2.87. The fraction of sp³-hybridized carbons (Fsp3) is 0.889. The van der Waals surface area contributed by atoms with Crippen molar-refractivity contribution in [2.24, 2.45) is 11.1 Å². The zero-order valence-corrected chi connectivity index (χ0v) is 9.59. The quantitative estimate of drug-likeness (QED) is 0.715. The summed E-state index contributed by atoms with van der Waals surface area (Å²) >= 11 is 0. The summed E-state index contributed by atoms with van der Waals surface area (Å²) in [5.74, 6) is -0.976. The SMILES string of the molecule is CS(=O)(=O)C1CCCC1(CN)CC(=O)O. The summed E-state index contributed by atoms with van der Waals surface area (Å²) in [5, 5.41) is 8.21. The lowest BCUT2D eigenvalue weighted by molar-refractivity contribution is -0.139. The molecule has 1 saturated carbocycles. The van der Waals surface area contributed by atoms with Crippen LogP contribution in [-0.2, 0) is 14.6 Å². The molecular weight excluding hydrogens is 218 g/mol. The van der Waals surface area contributed by atoms with Gasteiger partial charge in [-0.1, -0.05) is 6.42 Å². The molecule has 0 heterocycles. The number of carbonyl (C=O) groups is 1. The van der Waals surface area contributed by atoms with Gasteiger partial charge in [-0.3, -0.25) is 4.79 Å². The number of hydrogen-bond donors (Lipinski definition) is 2. The fourth-order valence-electron chi connectivity index (χ4n) is 2.58. The van der Waals surface area contributed by atoms with Gasteiger partial charge in [-0.15, -0.1) is 0 Å². The number of aliphatic carboxylic acids is 1. The molecule has 2 unspecified atom stereocenters. The minimum absolute atomic E-state index is 0.122. The largest absolute Gasteiger partial charge is 0.481 e. The first kappa shape index (κ1) is 12.4. The van der Waals surface area contributed by atoms with Gasteiger partial charge in [0.2, 0.25) is 0 Å². The highest BCUT2D eigenvalue weighted by molar-refractivity contribution is 7.91. The lowest BCUT2D eigenvalue weighted by atomic mass is 9.82. The molecule has 0 saturated heterocycles. The number of carboxylic acids is 1. The average molecular weight is 235 g/mol. The van der Waals surface area contributed by atoms with E-state index in [9.17, 15) is 13.2 Å². The van der Waals surface area contributed by atoms with Crippen LogP contribution < -0.4 is 5.73 Å². The van der Waals surface area contributed by atoms with Gasteiger partial charge in [0, 0.05) is 11.7 Å². The van der Waals surface area contributed by atoms with Crippen molar-refractivity contribution in [2.45, 2.75) is 30.9 Å². The van der Waals surface area contributed by atoms with Crippen LogP contribution in [0, 0.1) is 5.41 Å². The van der Waals surface area contributed by atoms with Crippen molar-refractivity contribution < 1.29 is 18.3 Å². The topological polar surface area (TPSA) is 97.5 Å². The Morgan fingerprint density at radius 3 is 2.60 bits per heavy atom. The second-order valence-corrected chi connectivity index (χ2v) is 6.58. The van der Waals surface area contributed by atoms with E-state index in [1.807, 2.05) is 0 Å². The van der Waals surface area contributed by atoms with E-state index in [4.69, 9.17) is 10.8 Å². The molecule has 1 aliphatic carbocycles. The number of nitrogens with two attached hydrogens (primary N) is 1. The molecule has 0 radical (unpaired) electrons. The van der Waals surface area contributed by atoms with Gasteiger partial charge in [-0.2, -0.15) is 0 Å². The maximum atomic E-state index is 11.5. The molecule has 0 aromatic heterocycles. The second kappa shape index (κ2) is 4.09. The monoisotopic (exact) mass is 235 g/mol. The number of sulfone groups is 1. The van der Waals surface area contributed by atoms with Crippen LogP contribution in [0.3, 0.4) is 0 Å². The molecule has 1 fully saturated rings. The van der Waals surface area contributed by atoms with E-state index in [2.05, 4.69) is 0 Å². The van der Waals surface area contributed by atoms with Crippen molar-refractivity contribution in [2.75, 3.05) is 12.8 Å². The Bertz CT molecular complexity index is 351. The van der Waals surface area contributed by atoms with E-state index in [1.54, 1.807) is 0 Å². The minimum Gasteiger partial charge on any atom is -0.481 e. The van der Waals surface area contributed by atoms with Gasteiger partial charge in [0.05, 0.1) is 11.7 Å². The third-order valence-corrected chi connectivity index (χ3v) is 5.02. The predicted octanol–water partition coefficient (Wildman–Crippen LogP) is 0.00330. The normalized spacial score (nSPS) is 31.7. The summed E-state index contributed by atoms with van der Waals surface area (Å²) in [6.45, 7) is 0.122. The Morgan fingerprint density at radius 2 is 2.20 bits per heavy atom. The number of hydrogen-bond acceptors (Lipinski definition) is 4. The summed E-state index contributed by atoms with van der Waals surface area (Å²) in [7, 11) is -3.21. The molecule has 15 heavy (non-hydrogen) atoms. The van der Waals surface area contributed by atoms with E-state index in [0.717, 1.165) is 12.7 Å². The lowest BCUT2D eigenvalue weighted by Gasteiger charge is -2.31. The molecule has 2 atom stereocenters. The molecule has 1 aliphatic rings. The third kappa shape index (κ3) is 2.49. The van der Waals surface area contributed by atoms with Crippen molar-refractivity contribution in [3.8, 4) is 0 Å². The van der Waals surface area contributed by atoms with Gasteiger partial charge in [0.25, 0.3) is 0 Å². The zero-order chi connectivity index (χ0) is 11.7. The van der Waals surface area contributed by atoms with Crippen molar-refractivity contribution >= 4 is 15.8 Å². The standard InChI is InChI=1S/C9H17NO4S/c1-15(13,14)7-3-2-4-9(7,6-10)5-8(11)12/h7H,2-6,10H2,1H3,(H,11,12). The van der Waals surface area contributed by atoms with E-state index in [-0.39, 0.29) is 13.0 Å². The van der Waals surface area contributed by atoms with Crippen molar-refractivity contribution in [3.63, 3.8) is 0 Å². The molecular formula is C9H17NO4S. The molecule has 0 bridgehead atoms. The summed E-state index contributed by atoms with van der Waals surface area (Å²) < 4.78 is 23.1. The highest BCUT2D eigenvalue weighted by atomic mass is 32.2. The van der Waals surface area contributed by atoms with Crippen LogP contribution in [0.4, 0.5) is 0 Å². The summed E-state index contributed by atoms with van der Waals surface area (Å²) in [5.41, 5.74) is 4.83. The maximum Gasteiger partial charge on any atom is 0.304 e. The van der Waals surface area contributed by atoms with Crippen LogP contribution in [0.15, 0.2) is 0 Å². The molecule has 6 heteroatoms. The number of rotatable bonds is 4. The summed E-state index contributed by atoms with van der Waals surface area (Å²) in [6, 6.07) is 0. The lowest BCUT2D eigenvalue weighted by Crippen LogP contribution is -2.43. The Hall–Kier alpha value is -0.620. The second-order valence-electron chi connectivity index (χ2n) is 4.35. The molecule has 0 aromatic carbocycles. The maximum absolute atomic E-state index is 11.5. The van der Waals surface area contributed by atoms with Crippen molar-refractivity contribution in [1.29, 1.82) is 0 Å². The van der Waals surface area contributed by atoms with Gasteiger partial charge in [-0.25, -0.2) is 8.42 Å². The Kier molecular flexibility index (Phi) is 3.40. The molecule has 0 aromatic rings. The highest BCUT2D eigenvalue weighted by Crippen LogP contribution is 2.44. The molecule has 3 N–H and O–H groups in total. The third-order valence-electron chi connectivity index (χ3n) is 3.25. The van der Waals surface area contributed by atoms with Crippen LogP contribution in [0.1, 0.15) is 25.7 Å². The van der Waals surface area contributed by atoms with E-state index in [1.165, 1.54) is 0 Å². The minimum atomic E-state index is -3.21. The van der Waals surface area contributed by atoms with Crippen LogP contribution in [0.25, 0.3) is 0 Å². The smallest absolute Gasteiger partial charge is 0.304 e. The molecule has 5 nitrogen and oxygen atoms in total.